The first-order valence-corrected chi connectivity index (χ1v) is 12.4. The van der Waals surface area contributed by atoms with Crippen LogP contribution in [0, 0.1) is 5.82 Å². The number of rotatable bonds is 4. The molecule has 0 bridgehead atoms. The van der Waals surface area contributed by atoms with Gasteiger partial charge in [-0.05, 0) is 36.8 Å². The number of hydrogen-bond donors (Lipinski definition) is 1. The van der Waals surface area contributed by atoms with E-state index in [4.69, 9.17) is 16.7 Å². The summed E-state index contributed by atoms with van der Waals surface area (Å²) in [5.41, 5.74) is 0.936. The molecule has 0 saturated carbocycles. The van der Waals surface area contributed by atoms with Crippen molar-refractivity contribution in [1.82, 2.24) is 29.1 Å². The Kier molecular flexibility index (Phi) is 4.78. The summed E-state index contributed by atoms with van der Waals surface area (Å²) in [6.45, 7) is 0.654. The standard InChI is InChI=1S/C22H17ClFN7O2S/c1-34(33)16-10-25-19-17(16)21(27-11-26-19)29-8-7-15(29)20-28-30-9-6-14(23)18(30)22(32)31(20)13-4-2-12(24)3-5-13/h2-6,9-11,15H,7-8H2,1H3,(H,25,26,27)/t15-,34?/m0/s1. The van der Waals surface area contributed by atoms with E-state index in [0.29, 0.717) is 46.2 Å². The number of aromatic amines is 1. The van der Waals surface area contributed by atoms with Crippen molar-refractivity contribution in [1.29, 1.82) is 0 Å². The number of aromatic nitrogens is 6. The molecule has 1 aromatic carbocycles. The number of fused-ring (bicyclic) bond motifs is 2. The minimum Gasteiger partial charge on any atom is -0.345 e. The number of anilines is 1. The predicted molar refractivity (Wildman–Crippen MR) is 127 cm³/mol. The van der Waals surface area contributed by atoms with Crippen LogP contribution in [0.2, 0.25) is 5.02 Å². The molecule has 1 unspecified atom stereocenters. The van der Waals surface area contributed by atoms with Crippen LogP contribution in [-0.4, -0.2) is 46.1 Å². The van der Waals surface area contributed by atoms with Crippen molar-refractivity contribution in [2.75, 3.05) is 17.7 Å². The molecule has 12 heteroatoms. The van der Waals surface area contributed by atoms with Crippen LogP contribution in [0.15, 0.2) is 58.7 Å². The van der Waals surface area contributed by atoms with Gasteiger partial charge in [0.05, 0.1) is 37.8 Å². The second-order valence-electron chi connectivity index (χ2n) is 7.96. The van der Waals surface area contributed by atoms with E-state index in [-0.39, 0.29) is 22.1 Å². The topological polar surface area (TPSA) is 101 Å². The Morgan fingerprint density at radius 2 is 2.00 bits per heavy atom. The van der Waals surface area contributed by atoms with Gasteiger partial charge in [-0.1, -0.05) is 11.6 Å². The van der Waals surface area contributed by atoms with Crippen molar-refractivity contribution in [3.63, 3.8) is 0 Å². The summed E-state index contributed by atoms with van der Waals surface area (Å²) in [4.78, 5) is 28.0. The van der Waals surface area contributed by atoms with Gasteiger partial charge in [0.25, 0.3) is 5.56 Å². The number of H-pyrrole nitrogens is 1. The highest BCUT2D eigenvalue weighted by Crippen LogP contribution is 2.40. The molecule has 6 rings (SSSR count). The van der Waals surface area contributed by atoms with Gasteiger partial charge in [-0.15, -0.1) is 0 Å². The first-order chi connectivity index (χ1) is 16.4. The molecule has 34 heavy (non-hydrogen) atoms. The van der Waals surface area contributed by atoms with Gasteiger partial charge in [-0.25, -0.2) is 18.9 Å². The quantitative estimate of drug-likeness (QED) is 0.409. The zero-order chi connectivity index (χ0) is 23.6. The number of nitrogens with one attached hydrogen (secondary N) is 1. The maximum Gasteiger partial charge on any atom is 0.284 e. The summed E-state index contributed by atoms with van der Waals surface area (Å²) >= 11 is 6.27. The summed E-state index contributed by atoms with van der Waals surface area (Å²) in [5.74, 6) is 0.664. The number of hydrogen-bond acceptors (Lipinski definition) is 6. The van der Waals surface area contributed by atoms with E-state index in [0.717, 1.165) is 0 Å². The SMILES string of the molecule is CS(=O)c1c[nH]c2ncnc(N3CC[C@H]3c3nn4ccc(Cl)c4c(=O)n3-c3ccc(F)cc3)c12. The van der Waals surface area contributed by atoms with Crippen LogP contribution in [0.5, 0.6) is 0 Å². The number of benzene rings is 1. The van der Waals surface area contributed by atoms with E-state index in [1.54, 1.807) is 24.7 Å². The van der Waals surface area contributed by atoms with Crippen molar-refractivity contribution < 1.29 is 8.60 Å². The first-order valence-electron chi connectivity index (χ1n) is 10.4. The Morgan fingerprint density at radius 1 is 1.21 bits per heavy atom. The van der Waals surface area contributed by atoms with Gasteiger partial charge >= 0.3 is 0 Å². The van der Waals surface area contributed by atoms with Crippen LogP contribution in [-0.2, 0) is 10.8 Å². The predicted octanol–water partition coefficient (Wildman–Crippen LogP) is 3.24. The highest BCUT2D eigenvalue weighted by molar-refractivity contribution is 7.84. The maximum atomic E-state index is 13.6. The average molecular weight is 498 g/mol. The molecule has 1 fully saturated rings. The molecule has 1 aliphatic rings. The number of halogens is 2. The molecule has 4 aromatic heterocycles. The fourth-order valence-electron chi connectivity index (χ4n) is 4.38. The minimum atomic E-state index is -1.25. The Hall–Kier alpha value is -3.57. The Labute approximate surface area is 199 Å². The highest BCUT2D eigenvalue weighted by atomic mass is 35.5. The van der Waals surface area contributed by atoms with E-state index in [9.17, 15) is 13.4 Å². The fourth-order valence-corrected chi connectivity index (χ4v) is 5.30. The van der Waals surface area contributed by atoms with E-state index in [2.05, 4.69) is 15.0 Å². The molecule has 2 atom stereocenters. The zero-order valence-corrected chi connectivity index (χ0v) is 19.3. The van der Waals surface area contributed by atoms with Crippen LogP contribution < -0.4 is 10.5 Å². The van der Waals surface area contributed by atoms with Gasteiger partial charge in [0, 0.05) is 25.2 Å². The van der Waals surface area contributed by atoms with Crippen LogP contribution in [0.25, 0.3) is 22.2 Å². The zero-order valence-electron chi connectivity index (χ0n) is 17.8. The molecular formula is C22H17ClFN7O2S. The third-order valence-corrected chi connectivity index (χ3v) is 7.31. The normalized spacial score (nSPS) is 16.8. The Balaban J connectivity index is 1.57. The van der Waals surface area contributed by atoms with Gasteiger partial charge in [0.15, 0.2) is 5.82 Å². The lowest BCUT2D eigenvalue weighted by Crippen LogP contribution is -2.45. The summed E-state index contributed by atoms with van der Waals surface area (Å²) in [6, 6.07) is 6.96. The summed E-state index contributed by atoms with van der Waals surface area (Å²) in [5, 5.41) is 5.68. The second-order valence-corrected chi connectivity index (χ2v) is 9.71. The first kappa shape index (κ1) is 21.0. The third-order valence-electron chi connectivity index (χ3n) is 6.06. The minimum absolute atomic E-state index is 0.236. The Bertz CT molecular complexity index is 1660. The monoisotopic (exact) mass is 497 g/mol. The van der Waals surface area contributed by atoms with Gasteiger partial charge in [0.2, 0.25) is 0 Å². The molecule has 0 spiro atoms. The molecular weight excluding hydrogens is 481 g/mol. The number of nitrogens with zero attached hydrogens (tertiary/aromatic N) is 6. The van der Waals surface area contributed by atoms with Crippen molar-refractivity contribution in [3.8, 4) is 5.69 Å². The van der Waals surface area contributed by atoms with Crippen LogP contribution in [0.3, 0.4) is 0 Å². The van der Waals surface area contributed by atoms with E-state index >= 15 is 0 Å². The summed E-state index contributed by atoms with van der Waals surface area (Å²) in [6.07, 6.45) is 7.06. The smallest absolute Gasteiger partial charge is 0.284 e. The average Bonchev–Trinajstić information content (AvgIpc) is 3.39. The molecule has 9 nitrogen and oxygen atoms in total. The van der Waals surface area contributed by atoms with E-state index < -0.39 is 16.6 Å². The van der Waals surface area contributed by atoms with Crippen molar-refractivity contribution in [3.05, 3.63) is 76.1 Å². The fraction of sp³-hybridized carbons (Fsp3) is 0.182. The van der Waals surface area contributed by atoms with Gasteiger partial charge in [0.1, 0.15) is 29.1 Å². The molecule has 1 aliphatic heterocycles. The van der Waals surface area contributed by atoms with E-state index in [1.165, 1.54) is 39.7 Å². The molecule has 0 aliphatic carbocycles. The lowest BCUT2D eigenvalue weighted by molar-refractivity contribution is 0.424. The van der Waals surface area contributed by atoms with Crippen LogP contribution in [0.1, 0.15) is 18.3 Å². The molecule has 0 amide bonds. The highest BCUT2D eigenvalue weighted by Gasteiger charge is 2.37. The van der Waals surface area contributed by atoms with Crippen molar-refractivity contribution >= 4 is 44.8 Å². The largest absolute Gasteiger partial charge is 0.345 e. The second kappa shape index (κ2) is 7.74. The van der Waals surface area contributed by atoms with Crippen LogP contribution >= 0.6 is 11.6 Å². The van der Waals surface area contributed by atoms with Gasteiger partial charge in [-0.3, -0.25) is 13.6 Å². The van der Waals surface area contributed by atoms with Gasteiger partial charge < -0.3 is 9.88 Å². The third kappa shape index (κ3) is 3.07. The molecule has 5 aromatic rings. The Morgan fingerprint density at radius 3 is 2.71 bits per heavy atom. The van der Waals surface area contributed by atoms with Crippen molar-refractivity contribution in [2.24, 2.45) is 0 Å². The van der Waals surface area contributed by atoms with Gasteiger partial charge in [-0.2, -0.15) is 5.10 Å². The molecule has 172 valence electrons. The molecule has 1 N–H and O–H groups in total. The lowest BCUT2D eigenvalue weighted by Gasteiger charge is -2.42. The van der Waals surface area contributed by atoms with E-state index in [1.807, 2.05) is 4.90 Å². The molecule has 5 heterocycles. The lowest BCUT2D eigenvalue weighted by atomic mass is 10.0. The summed E-state index contributed by atoms with van der Waals surface area (Å²) < 4.78 is 28.9. The van der Waals surface area contributed by atoms with Crippen molar-refractivity contribution in [2.45, 2.75) is 17.4 Å². The summed E-state index contributed by atoms with van der Waals surface area (Å²) in [7, 11) is -1.25. The van der Waals surface area contributed by atoms with Crippen LogP contribution in [0.4, 0.5) is 10.2 Å². The maximum absolute atomic E-state index is 13.6. The molecule has 1 saturated heterocycles. The molecule has 0 radical (unpaired) electrons.